The summed E-state index contributed by atoms with van der Waals surface area (Å²) in [5.74, 6) is 1.08. The second-order valence-electron chi connectivity index (χ2n) is 7.87. The van der Waals surface area contributed by atoms with Crippen molar-refractivity contribution < 1.29 is 9.53 Å². The molecule has 0 spiro atoms. The van der Waals surface area contributed by atoms with Crippen LogP contribution in [0.5, 0.6) is 5.75 Å². The fourth-order valence-electron chi connectivity index (χ4n) is 3.47. The molecule has 0 saturated heterocycles. The number of rotatable bonds is 8. The number of amides is 1. The summed E-state index contributed by atoms with van der Waals surface area (Å²) in [5, 5.41) is 3.86. The lowest BCUT2D eigenvalue weighted by Crippen LogP contribution is -2.30. The molecule has 0 aliphatic rings. The Kier molecular flexibility index (Phi) is 7.91. The van der Waals surface area contributed by atoms with Crippen molar-refractivity contribution in [2.24, 2.45) is 5.92 Å². The van der Waals surface area contributed by atoms with Crippen LogP contribution in [0.25, 0.3) is 11.6 Å². The third-order valence-corrected chi connectivity index (χ3v) is 5.41. The first kappa shape index (κ1) is 22.6. The Hall–Kier alpha value is -3.04. The van der Waals surface area contributed by atoms with Gasteiger partial charge in [0.05, 0.1) is 13.2 Å². The van der Waals surface area contributed by atoms with Gasteiger partial charge in [-0.1, -0.05) is 86.1 Å². The Morgan fingerprint density at radius 2 is 1.61 bits per heavy atom. The molecule has 0 bridgehead atoms. The van der Waals surface area contributed by atoms with Crippen LogP contribution in [-0.2, 0) is 4.79 Å². The van der Waals surface area contributed by atoms with Gasteiger partial charge in [0.1, 0.15) is 5.75 Å². The molecule has 0 radical (unpaired) electrons. The lowest BCUT2D eigenvalue weighted by Gasteiger charge is -2.22. The van der Waals surface area contributed by atoms with Crippen LogP contribution in [0.3, 0.4) is 0 Å². The second kappa shape index (κ2) is 10.8. The van der Waals surface area contributed by atoms with Crippen molar-refractivity contribution >= 4 is 29.2 Å². The molecule has 160 valence electrons. The molecule has 0 aliphatic heterocycles. The fraction of sp³-hybridized carbons (Fsp3) is 0.222. The van der Waals surface area contributed by atoms with Crippen molar-refractivity contribution in [3.05, 3.63) is 101 Å². The molecule has 3 aromatic rings. The molecule has 1 atom stereocenters. The van der Waals surface area contributed by atoms with Crippen LogP contribution >= 0.6 is 11.6 Å². The summed E-state index contributed by atoms with van der Waals surface area (Å²) in [5.41, 5.74) is 3.28. The summed E-state index contributed by atoms with van der Waals surface area (Å²) in [6.07, 6.45) is 2.68. The molecule has 31 heavy (non-hydrogen) atoms. The van der Waals surface area contributed by atoms with Gasteiger partial charge in [-0.15, -0.1) is 0 Å². The van der Waals surface area contributed by atoms with Crippen molar-refractivity contribution in [1.82, 2.24) is 5.32 Å². The normalized spacial score (nSPS) is 12.5. The molecule has 0 fully saturated rings. The first-order chi connectivity index (χ1) is 15.0. The molecule has 0 aromatic heterocycles. The van der Waals surface area contributed by atoms with Crippen molar-refractivity contribution in [1.29, 1.82) is 0 Å². The van der Waals surface area contributed by atoms with Gasteiger partial charge in [0.15, 0.2) is 0 Å². The van der Waals surface area contributed by atoms with Gasteiger partial charge in [-0.3, -0.25) is 4.79 Å². The van der Waals surface area contributed by atoms with Crippen LogP contribution in [0.2, 0.25) is 5.02 Å². The average Bonchev–Trinajstić information content (AvgIpc) is 2.78. The molecular weight excluding hydrogens is 406 g/mol. The maximum Gasteiger partial charge on any atom is 0.252 e. The Morgan fingerprint density at radius 1 is 0.968 bits per heavy atom. The van der Waals surface area contributed by atoms with Crippen LogP contribution in [0.15, 0.2) is 78.9 Å². The molecule has 4 heteroatoms. The SMILES string of the molecule is COc1ccc([C@H](CC(C)C)NC(=O)/C(=C/c2ccccc2Cl)c2ccccc2)cc1. The summed E-state index contributed by atoms with van der Waals surface area (Å²) in [6, 6.07) is 24.9. The van der Waals surface area contributed by atoms with Gasteiger partial charge < -0.3 is 10.1 Å². The summed E-state index contributed by atoms with van der Waals surface area (Å²) in [6.45, 7) is 4.31. The minimum atomic E-state index is -0.132. The molecule has 1 N–H and O–H groups in total. The summed E-state index contributed by atoms with van der Waals surface area (Å²) in [7, 11) is 1.65. The van der Waals surface area contributed by atoms with E-state index in [9.17, 15) is 4.79 Å². The predicted molar refractivity (Wildman–Crippen MR) is 129 cm³/mol. The maximum atomic E-state index is 13.5. The quantitative estimate of drug-likeness (QED) is 0.313. The highest BCUT2D eigenvalue weighted by atomic mass is 35.5. The van der Waals surface area contributed by atoms with Crippen molar-refractivity contribution in [2.45, 2.75) is 26.3 Å². The second-order valence-corrected chi connectivity index (χ2v) is 8.28. The third-order valence-electron chi connectivity index (χ3n) is 5.07. The number of methoxy groups -OCH3 is 1. The molecule has 0 saturated carbocycles. The molecule has 3 rings (SSSR count). The van der Waals surface area contributed by atoms with Crippen LogP contribution in [0.1, 0.15) is 43.0 Å². The van der Waals surface area contributed by atoms with Crippen LogP contribution < -0.4 is 10.1 Å². The number of benzene rings is 3. The number of hydrogen-bond donors (Lipinski definition) is 1. The van der Waals surface area contributed by atoms with E-state index in [2.05, 4.69) is 19.2 Å². The zero-order valence-corrected chi connectivity index (χ0v) is 18.9. The van der Waals surface area contributed by atoms with Gasteiger partial charge >= 0.3 is 0 Å². The molecule has 0 aliphatic carbocycles. The number of ether oxygens (including phenoxy) is 1. The zero-order chi connectivity index (χ0) is 22.2. The number of hydrogen-bond acceptors (Lipinski definition) is 2. The highest BCUT2D eigenvalue weighted by Gasteiger charge is 2.20. The van der Waals surface area contributed by atoms with E-state index in [0.29, 0.717) is 16.5 Å². The zero-order valence-electron chi connectivity index (χ0n) is 18.1. The summed E-state index contributed by atoms with van der Waals surface area (Å²) < 4.78 is 5.28. The fourth-order valence-corrected chi connectivity index (χ4v) is 3.66. The Labute approximate surface area is 189 Å². The van der Waals surface area contributed by atoms with E-state index in [4.69, 9.17) is 16.3 Å². The third kappa shape index (κ3) is 6.22. The first-order valence-electron chi connectivity index (χ1n) is 10.4. The molecule has 0 unspecified atom stereocenters. The molecular formula is C27H28ClNO2. The Bertz CT molecular complexity index is 1030. The maximum absolute atomic E-state index is 13.5. The van der Waals surface area contributed by atoms with E-state index in [-0.39, 0.29) is 11.9 Å². The highest BCUT2D eigenvalue weighted by molar-refractivity contribution is 6.33. The Morgan fingerprint density at radius 3 is 2.23 bits per heavy atom. The van der Waals surface area contributed by atoms with E-state index in [0.717, 1.165) is 28.9 Å². The van der Waals surface area contributed by atoms with Gasteiger partial charge in [-0.2, -0.15) is 0 Å². The van der Waals surface area contributed by atoms with E-state index in [1.807, 2.05) is 84.9 Å². The van der Waals surface area contributed by atoms with Crippen LogP contribution in [0.4, 0.5) is 0 Å². The summed E-state index contributed by atoms with van der Waals surface area (Å²) >= 11 is 6.37. The number of carbonyl (C=O) groups is 1. The largest absolute Gasteiger partial charge is 0.497 e. The standard InChI is InChI=1S/C27H28ClNO2/c1-19(2)17-26(21-13-15-23(31-3)16-14-21)29-27(30)24(20-9-5-4-6-10-20)18-22-11-7-8-12-25(22)28/h4-16,18-19,26H,17H2,1-3H3,(H,29,30)/b24-18+/t26-/m0/s1. The van der Waals surface area contributed by atoms with Gasteiger partial charge in [0.2, 0.25) is 0 Å². The topological polar surface area (TPSA) is 38.3 Å². The molecule has 1 amide bonds. The van der Waals surface area contributed by atoms with Gasteiger partial charge in [0, 0.05) is 10.6 Å². The monoisotopic (exact) mass is 433 g/mol. The average molecular weight is 434 g/mol. The van der Waals surface area contributed by atoms with E-state index >= 15 is 0 Å². The minimum absolute atomic E-state index is 0.114. The van der Waals surface area contributed by atoms with Crippen molar-refractivity contribution in [2.75, 3.05) is 7.11 Å². The summed E-state index contributed by atoms with van der Waals surface area (Å²) in [4.78, 5) is 13.5. The number of nitrogens with one attached hydrogen (secondary N) is 1. The van der Waals surface area contributed by atoms with Crippen molar-refractivity contribution in [3.8, 4) is 5.75 Å². The van der Waals surface area contributed by atoms with Crippen LogP contribution in [-0.4, -0.2) is 13.0 Å². The van der Waals surface area contributed by atoms with Gasteiger partial charge in [-0.05, 0) is 53.3 Å². The number of halogens is 1. The molecule has 3 nitrogen and oxygen atoms in total. The minimum Gasteiger partial charge on any atom is -0.497 e. The molecule has 0 heterocycles. The highest BCUT2D eigenvalue weighted by Crippen LogP contribution is 2.27. The first-order valence-corrected chi connectivity index (χ1v) is 10.8. The predicted octanol–water partition coefficient (Wildman–Crippen LogP) is 6.79. The Balaban J connectivity index is 1.96. The van der Waals surface area contributed by atoms with Crippen molar-refractivity contribution in [3.63, 3.8) is 0 Å². The smallest absolute Gasteiger partial charge is 0.252 e. The van der Waals surface area contributed by atoms with E-state index < -0.39 is 0 Å². The number of carbonyl (C=O) groups excluding carboxylic acids is 1. The van der Waals surface area contributed by atoms with E-state index in [1.165, 1.54) is 0 Å². The van der Waals surface area contributed by atoms with Gasteiger partial charge in [-0.25, -0.2) is 0 Å². The molecule has 3 aromatic carbocycles. The lowest BCUT2D eigenvalue weighted by molar-refractivity contribution is -0.116. The van der Waals surface area contributed by atoms with E-state index in [1.54, 1.807) is 7.11 Å². The lowest BCUT2D eigenvalue weighted by atomic mass is 9.95. The van der Waals surface area contributed by atoms with Crippen LogP contribution in [0, 0.1) is 5.92 Å². The van der Waals surface area contributed by atoms with Gasteiger partial charge in [0.25, 0.3) is 5.91 Å².